The second-order valence-electron chi connectivity index (χ2n) is 7.64. The molecule has 2 aromatic heterocycles. The maximum Gasteiger partial charge on any atom is 0.270 e. The molecule has 2 aliphatic rings. The minimum atomic E-state index is -0.227. The Labute approximate surface area is 185 Å². The number of fused-ring (bicyclic) bond motifs is 2. The normalized spacial score (nSPS) is 15.2. The fourth-order valence-corrected chi connectivity index (χ4v) is 4.00. The molecule has 3 aromatic rings. The molecule has 32 heavy (non-hydrogen) atoms. The Morgan fingerprint density at radius 2 is 2.12 bits per heavy atom. The number of carbonyl (C=O) groups is 1. The van der Waals surface area contributed by atoms with E-state index in [1.54, 1.807) is 31.5 Å². The van der Waals surface area contributed by atoms with Crippen LogP contribution in [-0.2, 0) is 26.1 Å². The van der Waals surface area contributed by atoms with Crippen molar-refractivity contribution in [3.8, 4) is 17.2 Å². The van der Waals surface area contributed by atoms with Crippen molar-refractivity contribution in [3.05, 3.63) is 59.4 Å². The van der Waals surface area contributed by atoms with Gasteiger partial charge in [0, 0.05) is 38.8 Å². The monoisotopic (exact) mass is 436 g/mol. The van der Waals surface area contributed by atoms with Gasteiger partial charge in [0.1, 0.15) is 11.5 Å². The molecule has 0 saturated heterocycles. The SMILES string of the molecule is COc1cc(CN2CCc3nnc(CNC(=O)c4ccccn4)n3CC2)cc2c1OCO2. The van der Waals surface area contributed by atoms with Crippen molar-refractivity contribution in [2.24, 2.45) is 0 Å². The number of rotatable bonds is 6. The van der Waals surface area contributed by atoms with E-state index in [9.17, 15) is 4.79 Å². The molecule has 0 fully saturated rings. The lowest BCUT2D eigenvalue weighted by atomic mass is 10.1. The summed E-state index contributed by atoms with van der Waals surface area (Å²) in [5.41, 5.74) is 1.49. The van der Waals surface area contributed by atoms with Crippen molar-refractivity contribution in [1.82, 2.24) is 30.0 Å². The molecular formula is C22H24N6O4. The molecule has 0 saturated carbocycles. The van der Waals surface area contributed by atoms with Gasteiger partial charge in [-0.1, -0.05) is 6.07 Å². The predicted molar refractivity (Wildman–Crippen MR) is 114 cm³/mol. The first-order valence-electron chi connectivity index (χ1n) is 10.5. The van der Waals surface area contributed by atoms with Crippen LogP contribution in [0.5, 0.6) is 17.2 Å². The largest absolute Gasteiger partial charge is 0.493 e. The van der Waals surface area contributed by atoms with Gasteiger partial charge in [0.05, 0.1) is 13.7 Å². The highest BCUT2D eigenvalue weighted by molar-refractivity contribution is 5.92. The molecular weight excluding hydrogens is 412 g/mol. The zero-order chi connectivity index (χ0) is 21.9. The summed E-state index contributed by atoms with van der Waals surface area (Å²) in [4.78, 5) is 18.7. The fraction of sp³-hybridized carbons (Fsp3) is 0.364. The minimum Gasteiger partial charge on any atom is -0.493 e. The number of carbonyl (C=O) groups excluding carboxylic acids is 1. The number of amides is 1. The van der Waals surface area contributed by atoms with Crippen LogP contribution in [0, 0.1) is 0 Å². The number of benzene rings is 1. The van der Waals surface area contributed by atoms with Crippen LogP contribution in [0.15, 0.2) is 36.5 Å². The molecule has 0 unspecified atom stereocenters. The molecule has 1 N–H and O–H groups in total. The zero-order valence-corrected chi connectivity index (χ0v) is 17.8. The van der Waals surface area contributed by atoms with Gasteiger partial charge in [0.25, 0.3) is 5.91 Å². The Bertz CT molecular complexity index is 1120. The highest BCUT2D eigenvalue weighted by Gasteiger charge is 2.23. The van der Waals surface area contributed by atoms with Gasteiger partial charge < -0.3 is 24.1 Å². The maximum absolute atomic E-state index is 12.3. The average Bonchev–Trinajstić information content (AvgIpc) is 3.41. The van der Waals surface area contributed by atoms with E-state index in [2.05, 4.69) is 30.0 Å². The number of methoxy groups -OCH3 is 1. The maximum atomic E-state index is 12.3. The van der Waals surface area contributed by atoms with Crippen molar-refractivity contribution in [1.29, 1.82) is 0 Å². The van der Waals surface area contributed by atoms with Crippen LogP contribution in [0.1, 0.15) is 27.7 Å². The highest BCUT2D eigenvalue weighted by Crippen LogP contribution is 2.42. The van der Waals surface area contributed by atoms with Gasteiger partial charge in [-0.3, -0.25) is 14.7 Å². The number of hydrogen-bond donors (Lipinski definition) is 1. The van der Waals surface area contributed by atoms with Crippen molar-refractivity contribution >= 4 is 5.91 Å². The van der Waals surface area contributed by atoms with Gasteiger partial charge in [-0.25, -0.2) is 0 Å². The number of pyridine rings is 1. The highest BCUT2D eigenvalue weighted by atomic mass is 16.7. The van der Waals surface area contributed by atoms with E-state index in [-0.39, 0.29) is 12.7 Å². The van der Waals surface area contributed by atoms with Crippen LogP contribution < -0.4 is 19.5 Å². The topological polar surface area (TPSA) is 104 Å². The lowest BCUT2D eigenvalue weighted by Crippen LogP contribution is -2.28. The summed E-state index contributed by atoms with van der Waals surface area (Å²) in [6.45, 7) is 3.72. The molecule has 10 nitrogen and oxygen atoms in total. The van der Waals surface area contributed by atoms with E-state index in [0.29, 0.717) is 23.7 Å². The Hall–Kier alpha value is -3.66. The van der Waals surface area contributed by atoms with Gasteiger partial charge in [-0.2, -0.15) is 0 Å². The lowest BCUT2D eigenvalue weighted by molar-refractivity contribution is 0.0944. The molecule has 5 rings (SSSR count). The Balaban J connectivity index is 1.23. The van der Waals surface area contributed by atoms with Crippen LogP contribution in [-0.4, -0.2) is 57.5 Å². The van der Waals surface area contributed by atoms with Crippen molar-refractivity contribution < 1.29 is 19.0 Å². The van der Waals surface area contributed by atoms with E-state index in [0.717, 1.165) is 55.6 Å². The molecule has 166 valence electrons. The fourth-order valence-electron chi connectivity index (χ4n) is 4.00. The third-order valence-electron chi connectivity index (χ3n) is 5.62. The summed E-state index contributed by atoms with van der Waals surface area (Å²) in [7, 11) is 1.63. The molecule has 0 aliphatic carbocycles. The second kappa shape index (κ2) is 8.83. The van der Waals surface area contributed by atoms with E-state index < -0.39 is 0 Å². The number of nitrogens with zero attached hydrogens (tertiary/aromatic N) is 5. The first-order valence-corrected chi connectivity index (χ1v) is 10.5. The Morgan fingerprint density at radius 3 is 2.97 bits per heavy atom. The molecule has 0 radical (unpaired) electrons. The smallest absolute Gasteiger partial charge is 0.270 e. The summed E-state index contributed by atoms with van der Waals surface area (Å²) in [5.74, 6) is 3.52. The number of aromatic nitrogens is 4. The van der Waals surface area contributed by atoms with Crippen LogP contribution in [0.4, 0.5) is 0 Å². The van der Waals surface area contributed by atoms with E-state index >= 15 is 0 Å². The molecule has 0 bridgehead atoms. The van der Waals surface area contributed by atoms with Gasteiger partial charge in [-0.15, -0.1) is 10.2 Å². The molecule has 0 spiro atoms. The summed E-state index contributed by atoms with van der Waals surface area (Å²) >= 11 is 0. The summed E-state index contributed by atoms with van der Waals surface area (Å²) in [6.07, 6.45) is 2.38. The lowest BCUT2D eigenvalue weighted by Gasteiger charge is -2.20. The minimum absolute atomic E-state index is 0.215. The average molecular weight is 436 g/mol. The Morgan fingerprint density at radius 1 is 1.19 bits per heavy atom. The van der Waals surface area contributed by atoms with Crippen molar-refractivity contribution in [3.63, 3.8) is 0 Å². The zero-order valence-electron chi connectivity index (χ0n) is 17.8. The molecule has 4 heterocycles. The van der Waals surface area contributed by atoms with Crippen molar-refractivity contribution in [2.75, 3.05) is 27.0 Å². The molecule has 0 atom stereocenters. The van der Waals surface area contributed by atoms with E-state index in [4.69, 9.17) is 14.2 Å². The van der Waals surface area contributed by atoms with Gasteiger partial charge >= 0.3 is 0 Å². The van der Waals surface area contributed by atoms with Crippen LogP contribution in [0.3, 0.4) is 0 Å². The van der Waals surface area contributed by atoms with E-state index in [1.165, 1.54) is 0 Å². The number of hydrogen-bond acceptors (Lipinski definition) is 8. The molecule has 1 amide bonds. The van der Waals surface area contributed by atoms with Crippen molar-refractivity contribution in [2.45, 2.75) is 26.1 Å². The molecule has 2 aliphatic heterocycles. The number of nitrogens with one attached hydrogen (secondary N) is 1. The molecule has 10 heteroatoms. The third-order valence-corrected chi connectivity index (χ3v) is 5.62. The summed E-state index contributed by atoms with van der Waals surface area (Å²) in [5, 5.41) is 11.5. The van der Waals surface area contributed by atoms with E-state index in [1.807, 2.05) is 12.1 Å². The standard InChI is InChI=1S/C22H24N6O4/c1-30-17-10-15(11-18-21(17)32-14-31-18)13-27-7-5-19-25-26-20(28(19)9-8-27)12-24-22(29)16-4-2-3-6-23-16/h2-4,6,10-11H,5,7-9,12-14H2,1H3,(H,24,29). The summed E-state index contributed by atoms with van der Waals surface area (Å²) < 4.78 is 18.6. The van der Waals surface area contributed by atoms with Crippen LogP contribution in [0.2, 0.25) is 0 Å². The van der Waals surface area contributed by atoms with Gasteiger partial charge in [-0.05, 0) is 29.8 Å². The third kappa shape index (κ3) is 4.09. The first-order chi connectivity index (χ1) is 15.7. The quantitative estimate of drug-likeness (QED) is 0.619. The number of ether oxygens (including phenoxy) is 3. The van der Waals surface area contributed by atoms with Gasteiger partial charge in [0.2, 0.25) is 12.5 Å². The van der Waals surface area contributed by atoms with Gasteiger partial charge in [0.15, 0.2) is 17.3 Å². The Kier molecular flexibility index (Phi) is 5.59. The first kappa shape index (κ1) is 20.3. The summed E-state index contributed by atoms with van der Waals surface area (Å²) in [6, 6.07) is 9.25. The van der Waals surface area contributed by atoms with Crippen LogP contribution >= 0.6 is 0 Å². The second-order valence-corrected chi connectivity index (χ2v) is 7.64. The predicted octanol–water partition coefficient (Wildman–Crippen LogP) is 1.40. The van der Waals surface area contributed by atoms with Crippen LogP contribution in [0.25, 0.3) is 0 Å². The molecule has 1 aromatic carbocycles.